The highest BCUT2D eigenvalue weighted by Gasteiger charge is 2.08. The fraction of sp³-hybridized carbons (Fsp3) is 0. The van der Waals surface area contributed by atoms with Gasteiger partial charge in [-0.15, -0.1) is 10.2 Å². The number of anilines is 2. The molecule has 0 fully saturated rings. The second kappa shape index (κ2) is 9.51. The smallest absolute Gasteiger partial charge is 0.176 e. The molecule has 0 spiro atoms. The van der Waals surface area contributed by atoms with Gasteiger partial charge in [0.2, 0.25) is 0 Å². The third-order valence-electron chi connectivity index (χ3n) is 4.41. The van der Waals surface area contributed by atoms with Crippen molar-refractivity contribution in [3.05, 3.63) is 81.8 Å². The minimum absolute atomic E-state index is 0.0547. The van der Waals surface area contributed by atoms with Crippen molar-refractivity contribution in [2.24, 2.45) is 10.2 Å². The van der Waals surface area contributed by atoms with Crippen LogP contribution in [0, 0.1) is 0 Å². The quantitative estimate of drug-likeness (QED) is 0.228. The molecule has 10 heteroatoms. The van der Waals surface area contributed by atoms with E-state index < -0.39 is 0 Å². The fourth-order valence-corrected chi connectivity index (χ4v) is 3.21. The maximum atomic E-state index is 9.89. The molecule has 0 aliphatic rings. The zero-order chi connectivity index (χ0) is 22.5. The van der Waals surface area contributed by atoms with E-state index in [1.54, 1.807) is 24.3 Å². The van der Waals surface area contributed by atoms with Gasteiger partial charge in [0.25, 0.3) is 0 Å². The van der Waals surface area contributed by atoms with E-state index in [0.717, 1.165) is 10.8 Å². The molecule has 0 radical (unpaired) electrons. The van der Waals surface area contributed by atoms with Crippen LogP contribution < -0.4 is 10.9 Å². The Morgan fingerprint density at radius 2 is 1.12 bits per heavy atom. The van der Waals surface area contributed by atoms with E-state index in [-0.39, 0.29) is 11.5 Å². The minimum atomic E-state index is 0.0547. The predicted molar refractivity (Wildman–Crippen MR) is 128 cm³/mol. The second-order valence-corrected chi connectivity index (χ2v) is 7.46. The van der Waals surface area contributed by atoms with Gasteiger partial charge in [-0.05, 0) is 36.4 Å². The monoisotopic (exact) mass is 466 g/mol. The van der Waals surface area contributed by atoms with Gasteiger partial charge in [0.1, 0.15) is 11.5 Å². The normalized spacial score (nSPS) is 11.4. The molecule has 0 aliphatic heterocycles. The first-order chi connectivity index (χ1) is 15.5. The Balaban J connectivity index is 1.56. The number of phenolic OH excluding ortho intramolecular Hbond substituents is 2. The second-order valence-electron chi connectivity index (χ2n) is 6.59. The Kier molecular flexibility index (Phi) is 6.34. The molecule has 8 nitrogen and oxygen atoms in total. The molecule has 4 aromatic rings. The Bertz CT molecular complexity index is 1240. The van der Waals surface area contributed by atoms with Crippen molar-refractivity contribution in [3.8, 4) is 11.5 Å². The number of aromatic nitrogens is 2. The highest BCUT2D eigenvalue weighted by molar-refractivity contribution is 6.31. The largest absolute Gasteiger partial charge is 0.507 e. The molecule has 0 saturated carbocycles. The van der Waals surface area contributed by atoms with Crippen LogP contribution in [0.15, 0.2) is 70.9 Å². The number of nitrogens with one attached hydrogen (secondary N) is 2. The Morgan fingerprint density at radius 3 is 1.56 bits per heavy atom. The van der Waals surface area contributed by atoms with E-state index in [2.05, 4.69) is 31.3 Å². The Morgan fingerprint density at radius 1 is 0.688 bits per heavy atom. The summed E-state index contributed by atoms with van der Waals surface area (Å²) in [6, 6.07) is 16.8. The fourth-order valence-electron chi connectivity index (χ4n) is 2.85. The Hall–Kier alpha value is -3.88. The van der Waals surface area contributed by atoms with Crippen LogP contribution in [0.5, 0.6) is 11.5 Å². The topological polar surface area (TPSA) is 115 Å². The predicted octanol–water partition coefficient (Wildman–Crippen LogP) is 5.24. The molecule has 1 aromatic heterocycles. The number of hydrazone groups is 2. The highest BCUT2D eigenvalue weighted by Crippen LogP contribution is 2.26. The van der Waals surface area contributed by atoms with Crippen molar-refractivity contribution in [3.63, 3.8) is 0 Å². The molecular weight excluding hydrogens is 451 g/mol. The summed E-state index contributed by atoms with van der Waals surface area (Å²) >= 11 is 11.9. The van der Waals surface area contributed by atoms with E-state index in [1.807, 2.05) is 24.3 Å². The van der Waals surface area contributed by atoms with Gasteiger partial charge in [-0.3, -0.25) is 10.9 Å². The van der Waals surface area contributed by atoms with Crippen LogP contribution in [-0.2, 0) is 0 Å². The zero-order valence-corrected chi connectivity index (χ0v) is 17.9. The van der Waals surface area contributed by atoms with Crippen LogP contribution in [0.3, 0.4) is 0 Å². The summed E-state index contributed by atoms with van der Waals surface area (Å²) < 4.78 is 0. The summed E-state index contributed by atoms with van der Waals surface area (Å²) in [7, 11) is 0. The van der Waals surface area contributed by atoms with Crippen LogP contribution in [-0.4, -0.2) is 32.8 Å². The summed E-state index contributed by atoms with van der Waals surface area (Å²) in [6.45, 7) is 0. The maximum Gasteiger partial charge on any atom is 0.176 e. The first-order valence-corrected chi connectivity index (χ1v) is 10.1. The van der Waals surface area contributed by atoms with Crippen LogP contribution in [0.4, 0.5) is 11.6 Å². The third kappa shape index (κ3) is 4.88. The molecule has 0 unspecified atom stereocenters. The van der Waals surface area contributed by atoms with E-state index in [0.29, 0.717) is 32.8 Å². The standard InChI is InChI=1S/C22H16Cl2N6O2/c23-15-5-7-19(31)13(9-15)11-25-27-21-17-3-1-2-4-18(17)22(30-29-21)28-26-12-14-10-16(24)6-8-20(14)32/h1-12,31-32H,(H,27,29)(H,28,30)/b25-11+,26-12+. The van der Waals surface area contributed by atoms with Gasteiger partial charge in [0, 0.05) is 31.9 Å². The minimum Gasteiger partial charge on any atom is -0.507 e. The number of fused-ring (bicyclic) bond motifs is 1. The molecule has 0 atom stereocenters. The van der Waals surface area contributed by atoms with E-state index >= 15 is 0 Å². The van der Waals surface area contributed by atoms with E-state index in [1.165, 1.54) is 24.6 Å². The highest BCUT2D eigenvalue weighted by atomic mass is 35.5. The van der Waals surface area contributed by atoms with Crippen molar-refractivity contribution < 1.29 is 10.2 Å². The molecule has 4 N–H and O–H groups in total. The molecule has 3 aromatic carbocycles. The molecule has 32 heavy (non-hydrogen) atoms. The molecule has 160 valence electrons. The average Bonchev–Trinajstić information content (AvgIpc) is 2.79. The van der Waals surface area contributed by atoms with Crippen LogP contribution in [0.2, 0.25) is 10.0 Å². The SMILES string of the molecule is Oc1ccc(Cl)cc1/C=N/Nc1nnc(N/N=C/c2cc(Cl)ccc2O)c2ccccc12. The number of phenols is 2. The number of benzene rings is 3. The number of halogens is 2. The molecule has 0 amide bonds. The number of hydrogen-bond acceptors (Lipinski definition) is 8. The summed E-state index contributed by atoms with van der Waals surface area (Å²) in [6.07, 6.45) is 2.87. The number of aromatic hydroxyl groups is 2. The lowest BCUT2D eigenvalue weighted by molar-refractivity contribution is 0.474. The summed E-state index contributed by atoms with van der Waals surface area (Å²) in [5.74, 6) is 0.943. The van der Waals surface area contributed by atoms with Crippen molar-refractivity contribution in [2.45, 2.75) is 0 Å². The van der Waals surface area contributed by atoms with Crippen molar-refractivity contribution in [2.75, 3.05) is 10.9 Å². The van der Waals surface area contributed by atoms with E-state index in [4.69, 9.17) is 23.2 Å². The lowest BCUT2D eigenvalue weighted by Crippen LogP contribution is -2.01. The maximum absolute atomic E-state index is 9.89. The molecule has 0 saturated heterocycles. The lowest BCUT2D eigenvalue weighted by atomic mass is 10.2. The molecule has 0 aliphatic carbocycles. The van der Waals surface area contributed by atoms with Gasteiger partial charge in [0.15, 0.2) is 11.6 Å². The summed E-state index contributed by atoms with van der Waals surface area (Å²) in [5.41, 5.74) is 6.58. The summed E-state index contributed by atoms with van der Waals surface area (Å²) in [4.78, 5) is 0. The summed E-state index contributed by atoms with van der Waals surface area (Å²) in [5, 5.41) is 38.8. The van der Waals surface area contributed by atoms with Crippen LogP contribution >= 0.6 is 23.2 Å². The van der Waals surface area contributed by atoms with Gasteiger partial charge < -0.3 is 10.2 Å². The lowest BCUT2D eigenvalue weighted by Gasteiger charge is -2.08. The first-order valence-electron chi connectivity index (χ1n) is 9.32. The average molecular weight is 467 g/mol. The first kappa shape index (κ1) is 21.4. The molecule has 0 bridgehead atoms. The van der Waals surface area contributed by atoms with Gasteiger partial charge in [0.05, 0.1) is 12.4 Å². The third-order valence-corrected chi connectivity index (χ3v) is 4.88. The van der Waals surface area contributed by atoms with Crippen molar-refractivity contribution >= 4 is 58.0 Å². The zero-order valence-electron chi connectivity index (χ0n) is 16.4. The van der Waals surface area contributed by atoms with Gasteiger partial charge in [-0.25, -0.2) is 0 Å². The number of hydrogen-bond donors (Lipinski definition) is 4. The molecule has 4 rings (SSSR count). The Labute approximate surface area is 192 Å². The molecule has 1 heterocycles. The van der Waals surface area contributed by atoms with Gasteiger partial charge in [-0.1, -0.05) is 47.5 Å². The van der Waals surface area contributed by atoms with Crippen molar-refractivity contribution in [1.29, 1.82) is 0 Å². The number of rotatable bonds is 6. The molecular formula is C22H16Cl2N6O2. The van der Waals surface area contributed by atoms with E-state index in [9.17, 15) is 10.2 Å². The van der Waals surface area contributed by atoms with Gasteiger partial charge in [-0.2, -0.15) is 10.2 Å². The van der Waals surface area contributed by atoms with Crippen LogP contribution in [0.25, 0.3) is 10.8 Å². The van der Waals surface area contributed by atoms with Gasteiger partial charge >= 0.3 is 0 Å². The van der Waals surface area contributed by atoms with Crippen molar-refractivity contribution in [1.82, 2.24) is 10.2 Å². The number of nitrogens with zero attached hydrogens (tertiary/aromatic N) is 4. The van der Waals surface area contributed by atoms with Crippen LogP contribution in [0.1, 0.15) is 11.1 Å².